The molecule has 0 spiro atoms. The van der Waals surface area contributed by atoms with Gasteiger partial charge in [0, 0.05) is 49.7 Å². The van der Waals surface area contributed by atoms with Gasteiger partial charge < -0.3 is 14.6 Å². The number of carbonyl (C=O) groups is 1. The number of carbonyl (C=O) groups excluding carboxylic acids is 1. The van der Waals surface area contributed by atoms with Crippen molar-refractivity contribution >= 4 is 22.6 Å². The highest BCUT2D eigenvalue weighted by molar-refractivity contribution is 5.93. The fourth-order valence-electron chi connectivity index (χ4n) is 3.59. The standard InChI is InChI=1S/C21H24FN5O2/c1-14-24-13-19(29-14)15-2-3-16-12-25-20(11-17(16)10-15)26-21(28)27-8-4-18(5-9-27)23-7-6-22/h2-3,10-13,18,23H,4-9H2,1H3,(H,25,26,28). The lowest BCUT2D eigenvalue weighted by Crippen LogP contribution is -2.46. The Morgan fingerprint density at radius 2 is 2.03 bits per heavy atom. The van der Waals surface area contributed by atoms with E-state index >= 15 is 0 Å². The molecule has 0 saturated carbocycles. The first-order valence-corrected chi connectivity index (χ1v) is 9.80. The summed E-state index contributed by atoms with van der Waals surface area (Å²) in [4.78, 5) is 22.9. The van der Waals surface area contributed by atoms with Gasteiger partial charge in [0.25, 0.3) is 0 Å². The van der Waals surface area contributed by atoms with Gasteiger partial charge in [0.2, 0.25) is 0 Å². The molecule has 1 fully saturated rings. The van der Waals surface area contributed by atoms with Crippen LogP contribution in [0.3, 0.4) is 0 Å². The third-order valence-corrected chi connectivity index (χ3v) is 5.17. The normalized spacial score (nSPS) is 15.0. The van der Waals surface area contributed by atoms with E-state index in [1.807, 2.05) is 31.2 Å². The number of halogens is 1. The van der Waals surface area contributed by atoms with E-state index in [1.54, 1.807) is 17.3 Å². The summed E-state index contributed by atoms with van der Waals surface area (Å²) in [5.74, 6) is 1.83. The lowest BCUT2D eigenvalue weighted by molar-refractivity contribution is 0.188. The van der Waals surface area contributed by atoms with Gasteiger partial charge in [-0.1, -0.05) is 12.1 Å². The predicted octanol–water partition coefficient (Wildman–Crippen LogP) is 3.75. The minimum absolute atomic E-state index is 0.164. The number of aryl methyl sites for hydroxylation is 1. The maximum atomic E-state index is 12.6. The van der Waals surface area contributed by atoms with Crippen LogP contribution in [-0.2, 0) is 0 Å². The van der Waals surface area contributed by atoms with Gasteiger partial charge in [0.1, 0.15) is 12.5 Å². The number of nitrogens with zero attached hydrogens (tertiary/aromatic N) is 3. The summed E-state index contributed by atoms with van der Waals surface area (Å²) in [6, 6.07) is 7.89. The number of aromatic nitrogens is 2. The van der Waals surface area contributed by atoms with Crippen LogP contribution < -0.4 is 10.6 Å². The highest BCUT2D eigenvalue weighted by atomic mass is 19.1. The molecule has 7 nitrogen and oxygen atoms in total. The van der Waals surface area contributed by atoms with Crippen LogP contribution in [0, 0.1) is 6.92 Å². The first-order chi connectivity index (χ1) is 14.1. The average Bonchev–Trinajstić information content (AvgIpc) is 3.18. The number of likely N-dealkylation sites (tertiary alicyclic amines) is 1. The number of pyridine rings is 1. The number of benzene rings is 1. The molecular formula is C21H24FN5O2. The fourth-order valence-corrected chi connectivity index (χ4v) is 3.59. The second-order valence-corrected chi connectivity index (χ2v) is 7.21. The van der Waals surface area contributed by atoms with E-state index in [-0.39, 0.29) is 18.7 Å². The molecular weight excluding hydrogens is 373 g/mol. The van der Waals surface area contributed by atoms with Crippen molar-refractivity contribution in [3.63, 3.8) is 0 Å². The first kappa shape index (κ1) is 19.3. The van der Waals surface area contributed by atoms with Crippen LogP contribution in [0.4, 0.5) is 15.0 Å². The molecule has 4 rings (SSSR count). The van der Waals surface area contributed by atoms with E-state index in [9.17, 15) is 9.18 Å². The Hall–Kier alpha value is -3.00. The third kappa shape index (κ3) is 4.54. The highest BCUT2D eigenvalue weighted by Gasteiger charge is 2.22. The number of nitrogens with one attached hydrogen (secondary N) is 2. The summed E-state index contributed by atoms with van der Waals surface area (Å²) in [6.07, 6.45) is 5.08. The number of rotatable bonds is 5. The first-order valence-electron chi connectivity index (χ1n) is 9.80. The van der Waals surface area contributed by atoms with Gasteiger partial charge in [-0.05, 0) is 30.4 Å². The van der Waals surface area contributed by atoms with Gasteiger partial charge in [-0.25, -0.2) is 19.2 Å². The third-order valence-electron chi connectivity index (χ3n) is 5.17. The van der Waals surface area contributed by atoms with Crippen LogP contribution in [0.15, 0.2) is 41.1 Å². The van der Waals surface area contributed by atoms with E-state index in [1.165, 1.54) is 0 Å². The van der Waals surface area contributed by atoms with Gasteiger partial charge in [-0.2, -0.15) is 0 Å². The Bertz CT molecular complexity index is 998. The molecule has 3 heterocycles. The molecule has 2 amide bonds. The van der Waals surface area contributed by atoms with Gasteiger partial charge in [0.05, 0.1) is 6.20 Å². The number of oxazole rings is 1. The van der Waals surface area contributed by atoms with Crippen molar-refractivity contribution in [2.24, 2.45) is 0 Å². The molecule has 0 atom stereocenters. The lowest BCUT2D eigenvalue weighted by Gasteiger charge is -2.32. The lowest BCUT2D eigenvalue weighted by atomic mass is 10.1. The van der Waals surface area contributed by atoms with Crippen molar-refractivity contribution in [1.29, 1.82) is 0 Å². The van der Waals surface area contributed by atoms with Crippen molar-refractivity contribution in [1.82, 2.24) is 20.2 Å². The zero-order valence-corrected chi connectivity index (χ0v) is 16.3. The van der Waals surface area contributed by atoms with Gasteiger partial charge in [-0.3, -0.25) is 5.32 Å². The second-order valence-electron chi connectivity index (χ2n) is 7.21. The van der Waals surface area contributed by atoms with Crippen molar-refractivity contribution in [3.05, 3.63) is 42.5 Å². The topological polar surface area (TPSA) is 83.3 Å². The average molecular weight is 397 g/mol. The highest BCUT2D eigenvalue weighted by Crippen LogP contribution is 2.26. The van der Waals surface area contributed by atoms with Crippen molar-refractivity contribution in [2.75, 3.05) is 31.6 Å². The molecule has 1 saturated heterocycles. The van der Waals surface area contributed by atoms with Crippen LogP contribution in [-0.4, -0.2) is 53.2 Å². The summed E-state index contributed by atoms with van der Waals surface area (Å²) in [5, 5.41) is 7.98. The van der Waals surface area contributed by atoms with E-state index in [2.05, 4.69) is 20.6 Å². The zero-order chi connectivity index (χ0) is 20.2. The van der Waals surface area contributed by atoms with Gasteiger partial charge in [0.15, 0.2) is 11.7 Å². The molecule has 152 valence electrons. The summed E-state index contributed by atoms with van der Waals surface area (Å²) in [6.45, 7) is 3.08. The fraction of sp³-hybridized carbons (Fsp3) is 0.381. The Labute approximate surface area is 168 Å². The van der Waals surface area contributed by atoms with Crippen LogP contribution in [0.2, 0.25) is 0 Å². The van der Waals surface area contributed by atoms with Crippen molar-refractivity contribution < 1.29 is 13.6 Å². The summed E-state index contributed by atoms with van der Waals surface area (Å²) in [7, 11) is 0. The molecule has 0 radical (unpaired) electrons. The Kier molecular flexibility index (Phi) is 5.71. The Morgan fingerprint density at radius 1 is 1.21 bits per heavy atom. The Balaban J connectivity index is 1.43. The minimum atomic E-state index is -0.369. The summed E-state index contributed by atoms with van der Waals surface area (Å²) < 4.78 is 17.9. The molecule has 8 heteroatoms. The number of hydrogen-bond donors (Lipinski definition) is 2. The van der Waals surface area contributed by atoms with Crippen LogP contribution in [0.1, 0.15) is 18.7 Å². The number of urea groups is 1. The molecule has 2 aromatic heterocycles. The Morgan fingerprint density at radius 3 is 2.76 bits per heavy atom. The van der Waals surface area contributed by atoms with Crippen LogP contribution >= 0.6 is 0 Å². The smallest absolute Gasteiger partial charge is 0.323 e. The SMILES string of the molecule is Cc1ncc(-c2ccc3cnc(NC(=O)N4CCC(NCCF)CC4)cc3c2)o1. The predicted molar refractivity (Wildman–Crippen MR) is 110 cm³/mol. The molecule has 2 N–H and O–H groups in total. The largest absolute Gasteiger partial charge is 0.441 e. The second kappa shape index (κ2) is 8.57. The van der Waals surface area contributed by atoms with Gasteiger partial charge >= 0.3 is 6.03 Å². The van der Waals surface area contributed by atoms with E-state index in [0.29, 0.717) is 37.1 Å². The van der Waals surface area contributed by atoms with Crippen LogP contribution in [0.5, 0.6) is 0 Å². The van der Waals surface area contributed by atoms with E-state index in [0.717, 1.165) is 29.2 Å². The molecule has 29 heavy (non-hydrogen) atoms. The number of piperidine rings is 1. The molecule has 1 aliphatic rings. The van der Waals surface area contributed by atoms with E-state index in [4.69, 9.17) is 4.42 Å². The van der Waals surface area contributed by atoms with Crippen molar-refractivity contribution in [2.45, 2.75) is 25.8 Å². The summed E-state index contributed by atoms with van der Waals surface area (Å²) >= 11 is 0. The van der Waals surface area contributed by atoms with E-state index < -0.39 is 0 Å². The molecule has 0 aliphatic carbocycles. The molecule has 0 unspecified atom stereocenters. The zero-order valence-electron chi connectivity index (χ0n) is 16.3. The summed E-state index contributed by atoms with van der Waals surface area (Å²) in [5.41, 5.74) is 0.921. The molecule has 1 aromatic carbocycles. The number of anilines is 1. The van der Waals surface area contributed by atoms with Crippen LogP contribution in [0.25, 0.3) is 22.1 Å². The maximum Gasteiger partial charge on any atom is 0.323 e. The molecule has 0 bridgehead atoms. The monoisotopic (exact) mass is 397 g/mol. The number of hydrogen-bond acceptors (Lipinski definition) is 5. The minimum Gasteiger partial charge on any atom is -0.441 e. The molecule has 1 aliphatic heterocycles. The number of fused-ring (bicyclic) bond motifs is 1. The quantitative estimate of drug-likeness (QED) is 0.685. The molecule has 3 aromatic rings. The van der Waals surface area contributed by atoms with Gasteiger partial charge in [-0.15, -0.1) is 0 Å². The number of amides is 2. The maximum absolute atomic E-state index is 12.6. The number of alkyl halides is 1. The van der Waals surface area contributed by atoms with Crippen molar-refractivity contribution in [3.8, 4) is 11.3 Å².